The van der Waals surface area contributed by atoms with E-state index in [0.29, 0.717) is 6.04 Å². The average Bonchev–Trinajstić information content (AvgIpc) is 3.09. The highest BCUT2D eigenvalue weighted by Gasteiger charge is 2.24. The third-order valence-electron chi connectivity index (χ3n) is 4.72. The number of aromatic nitrogens is 1. The first kappa shape index (κ1) is 17.9. The van der Waals surface area contributed by atoms with Crippen molar-refractivity contribution in [2.45, 2.75) is 19.5 Å². The summed E-state index contributed by atoms with van der Waals surface area (Å²) >= 11 is 0. The largest absolute Gasteiger partial charge is 0.497 e. The highest BCUT2D eigenvalue weighted by atomic mass is 16.5. The predicted molar refractivity (Wildman–Crippen MR) is 96.7 cm³/mol. The Morgan fingerprint density at radius 2 is 2.00 bits per heavy atom. The average molecular weight is 345 g/mol. The molecule has 0 saturated carbocycles. The Kier molecular flexibility index (Phi) is 6.07. The number of hydrogen-bond acceptors (Lipinski definition) is 6. The summed E-state index contributed by atoms with van der Waals surface area (Å²) in [6.07, 6.45) is 1.80. The molecule has 1 aliphatic heterocycles. The molecule has 1 aromatic heterocycles. The number of oxazole rings is 1. The first-order valence-electron chi connectivity index (χ1n) is 8.74. The second kappa shape index (κ2) is 8.47. The van der Waals surface area contributed by atoms with Crippen molar-refractivity contribution in [3.05, 3.63) is 36.4 Å². The lowest BCUT2D eigenvalue weighted by Crippen LogP contribution is -2.52. The van der Waals surface area contributed by atoms with Gasteiger partial charge in [-0.1, -0.05) is 0 Å². The quantitative estimate of drug-likeness (QED) is 0.768. The van der Waals surface area contributed by atoms with Gasteiger partial charge in [-0.3, -0.25) is 9.80 Å². The summed E-state index contributed by atoms with van der Waals surface area (Å²) in [5.74, 6) is 2.40. The number of nitrogens with zero attached hydrogens (tertiary/aromatic N) is 3. The number of benzene rings is 1. The molecule has 1 saturated heterocycles. The van der Waals surface area contributed by atoms with Gasteiger partial charge in [0.15, 0.2) is 5.76 Å². The molecule has 0 bridgehead atoms. The SMILES string of the molecule is COCCN1CCN(Cc2ncc(-c3ccc(OC)cc3)o2)CC1C. The van der Waals surface area contributed by atoms with Crippen LogP contribution in [0.5, 0.6) is 5.75 Å². The zero-order chi connectivity index (χ0) is 17.6. The van der Waals surface area contributed by atoms with E-state index in [1.165, 1.54) is 0 Å². The van der Waals surface area contributed by atoms with Crippen LogP contribution in [0.4, 0.5) is 0 Å². The van der Waals surface area contributed by atoms with Crippen molar-refractivity contribution in [3.8, 4) is 17.1 Å². The minimum absolute atomic E-state index is 0.514. The summed E-state index contributed by atoms with van der Waals surface area (Å²) < 4.78 is 16.3. The molecule has 136 valence electrons. The first-order chi connectivity index (χ1) is 12.2. The number of hydrogen-bond donors (Lipinski definition) is 0. The maximum atomic E-state index is 5.95. The van der Waals surface area contributed by atoms with E-state index in [0.717, 1.165) is 62.3 Å². The first-order valence-corrected chi connectivity index (χ1v) is 8.74. The van der Waals surface area contributed by atoms with Crippen LogP contribution in [0.1, 0.15) is 12.8 Å². The van der Waals surface area contributed by atoms with Crippen LogP contribution < -0.4 is 4.74 Å². The van der Waals surface area contributed by atoms with Crippen LogP contribution in [0.25, 0.3) is 11.3 Å². The van der Waals surface area contributed by atoms with E-state index in [4.69, 9.17) is 13.9 Å². The summed E-state index contributed by atoms with van der Waals surface area (Å²) in [6.45, 7) is 7.88. The topological polar surface area (TPSA) is 51.0 Å². The van der Waals surface area contributed by atoms with Gasteiger partial charge in [0.2, 0.25) is 5.89 Å². The van der Waals surface area contributed by atoms with Crippen LogP contribution >= 0.6 is 0 Å². The summed E-state index contributed by atoms with van der Waals surface area (Å²) in [5.41, 5.74) is 1.01. The molecule has 3 rings (SSSR count). The number of piperazine rings is 1. The van der Waals surface area contributed by atoms with Crippen LogP contribution in [-0.4, -0.2) is 67.8 Å². The van der Waals surface area contributed by atoms with E-state index < -0.39 is 0 Å². The smallest absolute Gasteiger partial charge is 0.209 e. The molecule has 0 spiro atoms. The van der Waals surface area contributed by atoms with Gasteiger partial charge < -0.3 is 13.9 Å². The Bertz CT molecular complexity index is 656. The second-order valence-electron chi connectivity index (χ2n) is 6.46. The van der Waals surface area contributed by atoms with E-state index in [9.17, 15) is 0 Å². The standard InChI is InChI=1S/C19H27N3O3/c1-15-13-21(8-9-22(15)10-11-23-2)14-19-20-12-18(25-19)16-4-6-17(24-3)7-5-16/h4-7,12,15H,8-11,13-14H2,1-3H3. The Morgan fingerprint density at radius 1 is 1.20 bits per heavy atom. The van der Waals surface area contributed by atoms with Gasteiger partial charge in [-0.05, 0) is 31.2 Å². The minimum Gasteiger partial charge on any atom is -0.497 e. The van der Waals surface area contributed by atoms with Gasteiger partial charge in [-0.15, -0.1) is 0 Å². The molecule has 0 N–H and O–H groups in total. The van der Waals surface area contributed by atoms with E-state index in [1.54, 1.807) is 20.4 Å². The van der Waals surface area contributed by atoms with Gasteiger partial charge in [0, 0.05) is 44.9 Å². The van der Waals surface area contributed by atoms with Crippen LogP contribution in [-0.2, 0) is 11.3 Å². The van der Waals surface area contributed by atoms with Gasteiger partial charge in [0.1, 0.15) is 5.75 Å². The van der Waals surface area contributed by atoms with Crippen molar-refractivity contribution in [1.29, 1.82) is 0 Å². The van der Waals surface area contributed by atoms with Gasteiger partial charge in [0.25, 0.3) is 0 Å². The molecule has 1 aliphatic rings. The molecule has 2 heterocycles. The maximum Gasteiger partial charge on any atom is 0.209 e. The van der Waals surface area contributed by atoms with Crippen molar-refractivity contribution < 1.29 is 13.9 Å². The lowest BCUT2D eigenvalue weighted by Gasteiger charge is -2.39. The molecule has 1 unspecified atom stereocenters. The molecule has 6 heteroatoms. The van der Waals surface area contributed by atoms with Crippen LogP contribution in [0.3, 0.4) is 0 Å². The van der Waals surface area contributed by atoms with E-state index >= 15 is 0 Å². The molecular formula is C19H27N3O3. The lowest BCUT2D eigenvalue weighted by atomic mass is 10.2. The molecule has 2 aromatic rings. The van der Waals surface area contributed by atoms with E-state index in [-0.39, 0.29) is 0 Å². The maximum absolute atomic E-state index is 5.95. The fourth-order valence-electron chi connectivity index (χ4n) is 3.22. The molecule has 25 heavy (non-hydrogen) atoms. The predicted octanol–water partition coefficient (Wildman–Crippen LogP) is 2.50. The van der Waals surface area contributed by atoms with Crippen molar-refractivity contribution in [1.82, 2.24) is 14.8 Å². The molecule has 1 atom stereocenters. The van der Waals surface area contributed by atoms with Crippen molar-refractivity contribution >= 4 is 0 Å². The zero-order valence-corrected chi connectivity index (χ0v) is 15.3. The minimum atomic E-state index is 0.514. The Balaban J connectivity index is 1.56. The fourth-order valence-corrected chi connectivity index (χ4v) is 3.22. The monoisotopic (exact) mass is 345 g/mol. The van der Waals surface area contributed by atoms with Crippen LogP contribution in [0, 0.1) is 0 Å². The molecule has 1 fully saturated rings. The van der Waals surface area contributed by atoms with Gasteiger partial charge in [0.05, 0.1) is 26.5 Å². The third-order valence-corrected chi connectivity index (χ3v) is 4.72. The van der Waals surface area contributed by atoms with Gasteiger partial charge >= 0.3 is 0 Å². The van der Waals surface area contributed by atoms with Crippen molar-refractivity contribution in [3.63, 3.8) is 0 Å². The van der Waals surface area contributed by atoms with Crippen molar-refractivity contribution in [2.75, 3.05) is 47.0 Å². The van der Waals surface area contributed by atoms with Gasteiger partial charge in [-0.25, -0.2) is 4.98 Å². The number of methoxy groups -OCH3 is 2. The van der Waals surface area contributed by atoms with E-state index in [1.807, 2.05) is 24.3 Å². The van der Waals surface area contributed by atoms with Crippen molar-refractivity contribution in [2.24, 2.45) is 0 Å². The number of ether oxygens (including phenoxy) is 2. The molecule has 1 aromatic carbocycles. The summed E-state index contributed by atoms with van der Waals surface area (Å²) in [6, 6.07) is 8.34. The summed E-state index contributed by atoms with van der Waals surface area (Å²) in [7, 11) is 3.42. The number of rotatable bonds is 7. The highest BCUT2D eigenvalue weighted by molar-refractivity contribution is 5.57. The Hall–Kier alpha value is -1.89. The van der Waals surface area contributed by atoms with Crippen LogP contribution in [0.2, 0.25) is 0 Å². The third kappa shape index (κ3) is 4.60. The fraction of sp³-hybridized carbons (Fsp3) is 0.526. The molecule has 0 amide bonds. The second-order valence-corrected chi connectivity index (χ2v) is 6.46. The zero-order valence-electron chi connectivity index (χ0n) is 15.3. The lowest BCUT2D eigenvalue weighted by molar-refractivity contribution is 0.0522. The normalized spacial score (nSPS) is 19.2. The molecule has 6 nitrogen and oxygen atoms in total. The summed E-state index contributed by atoms with van der Waals surface area (Å²) in [5, 5.41) is 0. The Labute approximate surface area is 149 Å². The molecule has 0 radical (unpaired) electrons. The molecular weight excluding hydrogens is 318 g/mol. The van der Waals surface area contributed by atoms with Crippen LogP contribution in [0.15, 0.2) is 34.9 Å². The van der Waals surface area contributed by atoms with Gasteiger partial charge in [-0.2, -0.15) is 0 Å². The Morgan fingerprint density at radius 3 is 2.68 bits per heavy atom. The molecule has 0 aliphatic carbocycles. The summed E-state index contributed by atoms with van der Waals surface area (Å²) in [4.78, 5) is 9.32. The van der Waals surface area contributed by atoms with E-state index in [2.05, 4.69) is 21.7 Å². The highest BCUT2D eigenvalue weighted by Crippen LogP contribution is 2.24.